The molecule has 2 aromatic heterocycles. The Morgan fingerprint density at radius 1 is 1.39 bits per heavy atom. The number of benzene rings is 1. The standard InChI is InChI=1S/C12H9N3O2S/c16-15(17)11-2-1-9-3-4-14(12(9)5-11)6-10-7-18-8-13-10/h1-5,7-8H,6H2. The zero-order chi connectivity index (χ0) is 12.5. The molecule has 0 radical (unpaired) electrons. The largest absolute Gasteiger partial charge is 0.341 e. The minimum absolute atomic E-state index is 0.112. The zero-order valence-electron chi connectivity index (χ0n) is 9.31. The van der Waals surface area contributed by atoms with Gasteiger partial charge in [0.1, 0.15) is 0 Å². The molecular weight excluding hydrogens is 250 g/mol. The molecule has 5 nitrogen and oxygen atoms in total. The summed E-state index contributed by atoms with van der Waals surface area (Å²) in [6.45, 7) is 0.633. The molecule has 0 spiro atoms. The zero-order valence-corrected chi connectivity index (χ0v) is 10.1. The first-order valence-corrected chi connectivity index (χ1v) is 6.29. The van der Waals surface area contributed by atoms with E-state index in [-0.39, 0.29) is 10.6 Å². The van der Waals surface area contributed by atoms with E-state index in [0.717, 1.165) is 16.6 Å². The molecule has 0 atom stereocenters. The molecule has 18 heavy (non-hydrogen) atoms. The Labute approximate surface area is 106 Å². The van der Waals surface area contributed by atoms with Crippen molar-refractivity contribution in [3.8, 4) is 0 Å². The van der Waals surface area contributed by atoms with Crippen LogP contribution in [0.3, 0.4) is 0 Å². The quantitative estimate of drug-likeness (QED) is 0.536. The molecule has 0 aliphatic carbocycles. The molecule has 1 aromatic carbocycles. The van der Waals surface area contributed by atoms with Crippen molar-refractivity contribution in [2.75, 3.05) is 0 Å². The minimum Gasteiger partial charge on any atom is -0.341 e. The number of thiazole rings is 1. The maximum absolute atomic E-state index is 10.8. The van der Waals surface area contributed by atoms with Crippen LogP contribution in [0.2, 0.25) is 0 Å². The smallest absolute Gasteiger partial charge is 0.271 e. The SMILES string of the molecule is O=[N+]([O-])c1ccc2ccn(Cc3cscn3)c2c1. The Morgan fingerprint density at radius 3 is 3.00 bits per heavy atom. The van der Waals surface area contributed by atoms with Crippen LogP contribution in [0.5, 0.6) is 0 Å². The van der Waals surface area contributed by atoms with Crippen molar-refractivity contribution in [2.24, 2.45) is 0 Å². The molecule has 0 bridgehead atoms. The summed E-state index contributed by atoms with van der Waals surface area (Å²) in [5.74, 6) is 0. The van der Waals surface area contributed by atoms with E-state index < -0.39 is 0 Å². The van der Waals surface area contributed by atoms with Crippen molar-refractivity contribution < 1.29 is 4.92 Å². The van der Waals surface area contributed by atoms with Gasteiger partial charge in [0.05, 0.1) is 28.2 Å². The summed E-state index contributed by atoms with van der Waals surface area (Å²) in [7, 11) is 0. The van der Waals surface area contributed by atoms with Gasteiger partial charge in [-0.05, 0) is 12.1 Å². The summed E-state index contributed by atoms with van der Waals surface area (Å²) in [6.07, 6.45) is 1.92. The first-order valence-electron chi connectivity index (χ1n) is 5.34. The molecule has 0 aliphatic rings. The van der Waals surface area contributed by atoms with Crippen molar-refractivity contribution in [1.82, 2.24) is 9.55 Å². The van der Waals surface area contributed by atoms with Crippen LogP contribution in [0.25, 0.3) is 10.9 Å². The normalized spacial score (nSPS) is 10.9. The monoisotopic (exact) mass is 259 g/mol. The van der Waals surface area contributed by atoms with Crippen LogP contribution in [-0.4, -0.2) is 14.5 Å². The number of aromatic nitrogens is 2. The number of hydrogen-bond acceptors (Lipinski definition) is 4. The number of non-ortho nitro benzene ring substituents is 1. The van der Waals surface area contributed by atoms with E-state index in [1.54, 1.807) is 29.0 Å². The average Bonchev–Trinajstić information content (AvgIpc) is 2.99. The van der Waals surface area contributed by atoms with Crippen LogP contribution in [-0.2, 0) is 6.54 Å². The molecule has 0 amide bonds. The van der Waals surface area contributed by atoms with Crippen LogP contribution in [0, 0.1) is 10.1 Å². The van der Waals surface area contributed by atoms with E-state index in [9.17, 15) is 10.1 Å². The van der Waals surface area contributed by atoms with Gasteiger partial charge in [0.25, 0.3) is 5.69 Å². The lowest BCUT2D eigenvalue weighted by Crippen LogP contribution is -1.98. The Kier molecular flexibility index (Phi) is 2.56. The Morgan fingerprint density at radius 2 is 2.28 bits per heavy atom. The third-order valence-electron chi connectivity index (χ3n) is 2.78. The third kappa shape index (κ3) is 1.86. The summed E-state index contributed by atoms with van der Waals surface area (Å²) >= 11 is 1.54. The van der Waals surface area contributed by atoms with Gasteiger partial charge in [-0.3, -0.25) is 10.1 Å². The highest BCUT2D eigenvalue weighted by molar-refractivity contribution is 7.07. The van der Waals surface area contributed by atoms with E-state index in [4.69, 9.17) is 0 Å². The van der Waals surface area contributed by atoms with Gasteiger partial charge in [0.15, 0.2) is 0 Å². The van der Waals surface area contributed by atoms with Crippen molar-refractivity contribution in [3.05, 3.63) is 57.2 Å². The molecule has 3 rings (SSSR count). The van der Waals surface area contributed by atoms with E-state index in [2.05, 4.69) is 4.98 Å². The lowest BCUT2D eigenvalue weighted by atomic mass is 10.2. The second-order valence-electron chi connectivity index (χ2n) is 3.92. The number of fused-ring (bicyclic) bond motifs is 1. The molecule has 2 heterocycles. The van der Waals surface area contributed by atoms with Crippen molar-refractivity contribution in [1.29, 1.82) is 0 Å². The minimum atomic E-state index is -0.375. The number of rotatable bonds is 3. The molecule has 3 aromatic rings. The number of nitrogens with zero attached hydrogens (tertiary/aromatic N) is 3. The van der Waals surface area contributed by atoms with Crippen LogP contribution in [0.1, 0.15) is 5.69 Å². The first-order chi connectivity index (χ1) is 8.74. The summed E-state index contributed by atoms with van der Waals surface area (Å²) in [5.41, 5.74) is 3.71. The molecule has 0 fully saturated rings. The summed E-state index contributed by atoms with van der Waals surface area (Å²) in [4.78, 5) is 14.6. The van der Waals surface area contributed by atoms with Gasteiger partial charge in [-0.1, -0.05) is 0 Å². The Balaban J connectivity index is 2.06. The summed E-state index contributed by atoms with van der Waals surface area (Å²) in [5, 5.41) is 13.8. The van der Waals surface area contributed by atoms with Crippen molar-refractivity contribution in [2.45, 2.75) is 6.54 Å². The molecule has 90 valence electrons. The fourth-order valence-corrected chi connectivity index (χ4v) is 2.46. The van der Waals surface area contributed by atoms with Gasteiger partial charge in [0, 0.05) is 29.1 Å². The van der Waals surface area contributed by atoms with Crippen LogP contribution < -0.4 is 0 Å². The number of hydrogen-bond donors (Lipinski definition) is 0. The van der Waals surface area contributed by atoms with Gasteiger partial charge in [0.2, 0.25) is 0 Å². The highest BCUT2D eigenvalue weighted by Crippen LogP contribution is 2.22. The topological polar surface area (TPSA) is 61.0 Å². The fourth-order valence-electron chi connectivity index (χ4n) is 1.91. The number of nitro groups is 1. The van der Waals surface area contributed by atoms with Gasteiger partial charge in [-0.2, -0.15) is 0 Å². The lowest BCUT2D eigenvalue weighted by molar-refractivity contribution is -0.384. The highest BCUT2D eigenvalue weighted by Gasteiger charge is 2.09. The summed E-state index contributed by atoms with van der Waals surface area (Å²) < 4.78 is 1.97. The Hall–Kier alpha value is -2.21. The molecule has 0 N–H and O–H groups in total. The maximum atomic E-state index is 10.8. The molecule has 6 heteroatoms. The predicted molar refractivity (Wildman–Crippen MR) is 69.8 cm³/mol. The van der Waals surface area contributed by atoms with Gasteiger partial charge < -0.3 is 4.57 Å². The van der Waals surface area contributed by atoms with Crippen LogP contribution >= 0.6 is 11.3 Å². The highest BCUT2D eigenvalue weighted by atomic mass is 32.1. The second-order valence-corrected chi connectivity index (χ2v) is 4.64. The first kappa shape index (κ1) is 10.9. The molecular formula is C12H9N3O2S. The summed E-state index contributed by atoms with van der Waals surface area (Å²) in [6, 6.07) is 6.84. The molecule has 0 aliphatic heterocycles. The Bertz CT molecular complexity index is 703. The van der Waals surface area contributed by atoms with E-state index >= 15 is 0 Å². The number of nitro benzene ring substituents is 1. The fraction of sp³-hybridized carbons (Fsp3) is 0.0833. The van der Waals surface area contributed by atoms with Gasteiger partial charge in [-0.25, -0.2) is 4.98 Å². The van der Waals surface area contributed by atoms with Gasteiger partial charge in [-0.15, -0.1) is 11.3 Å². The van der Waals surface area contributed by atoms with Gasteiger partial charge >= 0.3 is 0 Å². The van der Waals surface area contributed by atoms with E-state index in [0.29, 0.717) is 6.54 Å². The van der Waals surface area contributed by atoms with Crippen LogP contribution in [0.4, 0.5) is 5.69 Å². The molecule has 0 saturated heterocycles. The second kappa shape index (κ2) is 4.23. The maximum Gasteiger partial charge on any atom is 0.271 e. The van der Waals surface area contributed by atoms with Crippen molar-refractivity contribution in [3.63, 3.8) is 0 Å². The molecule has 0 unspecified atom stereocenters. The van der Waals surface area contributed by atoms with E-state index in [1.807, 2.05) is 22.2 Å². The molecule has 0 saturated carbocycles. The van der Waals surface area contributed by atoms with Crippen molar-refractivity contribution >= 4 is 27.9 Å². The average molecular weight is 259 g/mol. The lowest BCUT2D eigenvalue weighted by Gasteiger charge is -2.02. The predicted octanol–water partition coefficient (Wildman–Crippen LogP) is 3.05. The van der Waals surface area contributed by atoms with E-state index in [1.165, 1.54) is 6.07 Å². The third-order valence-corrected chi connectivity index (χ3v) is 3.42. The van der Waals surface area contributed by atoms with Crippen LogP contribution in [0.15, 0.2) is 41.4 Å².